The van der Waals surface area contributed by atoms with Crippen LogP contribution in [0.1, 0.15) is 71.3 Å². The first kappa shape index (κ1) is 40.0. The van der Waals surface area contributed by atoms with Crippen LogP contribution in [-0.2, 0) is 9.53 Å². The minimum absolute atomic E-state index is 0.0141. The van der Waals surface area contributed by atoms with Crippen molar-refractivity contribution in [2.45, 2.75) is 83.4 Å². The number of likely N-dealkylation sites (tertiary alicyclic amines) is 2. The van der Waals surface area contributed by atoms with Crippen LogP contribution in [-0.4, -0.2) is 118 Å². The van der Waals surface area contributed by atoms with E-state index in [1.165, 1.54) is 31.4 Å². The van der Waals surface area contributed by atoms with Crippen molar-refractivity contribution in [3.05, 3.63) is 41.5 Å². The summed E-state index contributed by atoms with van der Waals surface area (Å²) < 4.78 is 50.7. The van der Waals surface area contributed by atoms with E-state index in [1.807, 2.05) is 18.7 Å². The fourth-order valence-electron chi connectivity index (χ4n) is 10.0. The highest BCUT2D eigenvalue weighted by Gasteiger charge is 2.50. The van der Waals surface area contributed by atoms with E-state index in [2.05, 4.69) is 15.8 Å². The molecular weight excluding hydrogens is 747 g/mol. The normalized spacial score (nSPS) is 24.6. The smallest absolute Gasteiger partial charge is 0.319 e. The van der Waals surface area contributed by atoms with E-state index >= 15 is 8.78 Å². The molecule has 58 heavy (non-hydrogen) atoms. The number of hydrogen-bond acceptors (Lipinski definition) is 11. The number of aliphatic hydroxyl groups is 1. The largest absolute Gasteiger partial charge is 0.508 e. The molecule has 1 amide bonds. The van der Waals surface area contributed by atoms with Crippen molar-refractivity contribution in [3.8, 4) is 41.2 Å². The number of pyridine rings is 1. The molecule has 0 spiro atoms. The minimum Gasteiger partial charge on any atom is -0.508 e. The van der Waals surface area contributed by atoms with Gasteiger partial charge in [0, 0.05) is 54.0 Å². The Labute approximate surface area is 337 Å². The zero-order chi connectivity index (χ0) is 40.9. The lowest BCUT2D eigenvalue weighted by molar-refractivity contribution is -0.136. The molecule has 4 fully saturated rings. The van der Waals surface area contributed by atoms with Crippen molar-refractivity contribution in [2.75, 3.05) is 64.6 Å². The highest BCUT2D eigenvalue weighted by molar-refractivity contribution is 6.04. The molecule has 5 heterocycles. The fourth-order valence-corrected chi connectivity index (χ4v) is 10.0. The van der Waals surface area contributed by atoms with Crippen LogP contribution in [0.2, 0.25) is 0 Å². The number of piperidine rings is 2. The Morgan fingerprint density at radius 1 is 1.07 bits per heavy atom. The monoisotopic (exact) mass is 798 g/mol. The summed E-state index contributed by atoms with van der Waals surface area (Å²) in [6.07, 6.45) is 12.7. The zero-order valence-corrected chi connectivity index (χ0v) is 33.7. The van der Waals surface area contributed by atoms with Crippen molar-refractivity contribution >= 4 is 33.4 Å². The number of rotatable bonds is 8. The predicted molar refractivity (Wildman–Crippen MR) is 216 cm³/mol. The molecule has 0 bridgehead atoms. The number of carbonyl (C=O) groups is 1. The quantitative estimate of drug-likeness (QED) is 0.202. The molecule has 2 aromatic heterocycles. The van der Waals surface area contributed by atoms with Crippen LogP contribution in [0.15, 0.2) is 24.3 Å². The Morgan fingerprint density at radius 2 is 1.84 bits per heavy atom. The first-order chi connectivity index (χ1) is 27.8. The van der Waals surface area contributed by atoms with Gasteiger partial charge in [-0.25, -0.2) is 13.8 Å². The maximum absolute atomic E-state index is 17.4. The number of β-amino-alcohol motifs (C(OH)–C–C–N with tert-alkyl or cyclic N) is 1. The number of hydrogen-bond donors (Lipinski definition) is 2. The standard InChI is InChI=1S/C44H52F2N6O6/c1-6-30-32(45)11-10-27-21-29(53)22-31(34(27)30)37-36(46)38-35(40(47-37)56-5)39(51-19-20-57-24-43(4,55)23-51)49-42(48-38)58-25-44-14-7-9-33(44)52(16-8-15-44)28-12-17-50(18-13-28)41(54)26(2)3/h1,10-11,21-22,26,28,33,53,55H,7-9,12-20,23-25H2,2-5H3. The molecule has 12 nitrogen and oxygen atoms in total. The Hall–Kier alpha value is -4.84. The van der Waals surface area contributed by atoms with Crippen molar-refractivity contribution in [1.82, 2.24) is 24.8 Å². The number of phenolic OH excluding ortho intramolecular Hbond substituents is 1. The molecule has 3 aliphatic heterocycles. The SMILES string of the molecule is C#Cc1c(F)ccc2cc(O)cc(-c3nc(OC)c4c(N5CCOCC(C)(O)C5)nc(OCC56CCCC5N(C5CCN(C(=O)C(C)C)CC5)CCC6)nc4c3F)c12. The molecule has 14 heteroatoms. The average molecular weight is 799 g/mol. The van der Waals surface area contributed by atoms with E-state index in [1.54, 1.807) is 11.8 Å². The summed E-state index contributed by atoms with van der Waals surface area (Å²) in [6.45, 7) is 9.21. The van der Waals surface area contributed by atoms with E-state index in [4.69, 9.17) is 30.6 Å². The Bertz CT molecular complexity index is 2270. The van der Waals surface area contributed by atoms with Crippen molar-refractivity contribution < 1.29 is 38.0 Å². The first-order valence-electron chi connectivity index (χ1n) is 20.4. The highest BCUT2D eigenvalue weighted by Crippen LogP contribution is 2.50. The highest BCUT2D eigenvalue weighted by atomic mass is 19.1. The molecule has 3 saturated heterocycles. The third kappa shape index (κ3) is 7.26. The second kappa shape index (κ2) is 15.7. The number of halogens is 2. The van der Waals surface area contributed by atoms with Gasteiger partial charge in [-0.1, -0.05) is 32.3 Å². The number of nitrogens with zero attached hydrogens (tertiary/aromatic N) is 6. The average Bonchev–Trinajstić information content (AvgIpc) is 3.56. The van der Waals surface area contributed by atoms with Crippen molar-refractivity contribution in [3.63, 3.8) is 0 Å². The van der Waals surface area contributed by atoms with E-state index < -0.39 is 17.2 Å². The minimum atomic E-state index is -1.26. The number of carbonyl (C=O) groups excluding carboxylic acids is 1. The topological polar surface area (TPSA) is 134 Å². The molecule has 1 saturated carbocycles. The second-order valence-electron chi connectivity index (χ2n) is 17.1. The molecule has 1 aliphatic carbocycles. The van der Waals surface area contributed by atoms with Gasteiger partial charge < -0.3 is 34.2 Å². The van der Waals surface area contributed by atoms with Gasteiger partial charge in [0.05, 0.1) is 39.0 Å². The molecule has 0 radical (unpaired) electrons. The van der Waals surface area contributed by atoms with Gasteiger partial charge in [0.1, 0.15) is 39.6 Å². The lowest BCUT2D eigenvalue weighted by atomic mass is 9.74. The summed E-state index contributed by atoms with van der Waals surface area (Å²) in [5.74, 6) is 1.07. The van der Waals surface area contributed by atoms with Crippen LogP contribution < -0.4 is 14.4 Å². The van der Waals surface area contributed by atoms with Gasteiger partial charge in [-0.2, -0.15) is 9.97 Å². The molecule has 4 aliphatic rings. The molecule has 8 rings (SSSR count). The van der Waals surface area contributed by atoms with E-state index in [-0.39, 0.29) is 99.6 Å². The number of ether oxygens (including phenoxy) is 3. The third-order valence-electron chi connectivity index (χ3n) is 12.7. The summed E-state index contributed by atoms with van der Waals surface area (Å²) in [5, 5.41) is 22.7. The number of benzene rings is 2. The Morgan fingerprint density at radius 3 is 2.59 bits per heavy atom. The van der Waals surface area contributed by atoms with Gasteiger partial charge in [0.15, 0.2) is 5.82 Å². The maximum atomic E-state index is 17.4. The van der Waals surface area contributed by atoms with E-state index in [0.29, 0.717) is 24.6 Å². The summed E-state index contributed by atoms with van der Waals surface area (Å²) >= 11 is 0. The van der Waals surface area contributed by atoms with Crippen LogP contribution in [0.4, 0.5) is 14.6 Å². The zero-order valence-electron chi connectivity index (χ0n) is 33.7. The Balaban J connectivity index is 1.20. The van der Waals surface area contributed by atoms with E-state index in [0.717, 1.165) is 64.6 Å². The predicted octanol–water partition coefficient (Wildman–Crippen LogP) is 6.07. The number of amides is 1. The number of terminal acetylenes is 1. The summed E-state index contributed by atoms with van der Waals surface area (Å²) in [6, 6.07) is 6.00. The summed E-state index contributed by atoms with van der Waals surface area (Å²) in [4.78, 5) is 33.4. The number of phenols is 1. The lowest BCUT2D eigenvalue weighted by Gasteiger charge is -2.51. The number of anilines is 1. The maximum Gasteiger partial charge on any atom is 0.319 e. The van der Waals surface area contributed by atoms with Crippen molar-refractivity contribution in [1.29, 1.82) is 0 Å². The molecule has 3 atom stereocenters. The second-order valence-corrected chi connectivity index (χ2v) is 17.1. The molecular formula is C44H52F2N6O6. The number of fused-ring (bicyclic) bond motifs is 3. The molecule has 308 valence electrons. The molecule has 4 aromatic rings. The van der Waals surface area contributed by atoms with Crippen LogP contribution in [0, 0.1) is 35.3 Å². The summed E-state index contributed by atoms with van der Waals surface area (Å²) in [7, 11) is 1.40. The van der Waals surface area contributed by atoms with Crippen molar-refractivity contribution in [2.24, 2.45) is 11.3 Å². The number of methoxy groups -OCH3 is 1. The Kier molecular flexibility index (Phi) is 10.8. The van der Waals surface area contributed by atoms with E-state index in [9.17, 15) is 15.0 Å². The molecule has 3 unspecified atom stereocenters. The van der Waals surface area contributed by atoms with Gasteiger partial charge in [0.25, 0.3) is 0 Å². The first-order valence-corrected chi connectivity index (χ1v) is 20.4. The molecule has 2 aromatic carbocycles. The lowest BCUT2D eigenvalue weighted by Crippen LogP contribution is -2.58. The van der Waals surface area contributed by atoms with Crippen LogP contribution in [0.3, 0.4) is 0 Å². The van der Waals surface area contributed by atoms with Gasteiger partial charge in [-0.15, -0.1) is 6.42 Å². The van der Waals surface area contributed by atoms with Gasteiger partial charge in [-0.3, -0.25) is 9.69 Å². The van der Waals surface area contributed by atoms with Crippen LogP contribution >= 0.6 is 0 Å². The number of aromatic nitrogens is 3. The van der Waals surface area contributed by atoms with Crippen LogP contribution in [0.25, 0.3) is 32.9 Å². The van der Waals surface area contributed by atoms with Crippen LogP contribution in [0.5, 0.6) is 17.6 Å². The fraction of sp³-hybridized carbons (Fsp3) is 0.545. The molecule has 2 N–H and O–H groups in total. The van der Waals surface area contributed by atoms with Gasteiger partial charge in [0.2, 0.25) is 11.8 Å². The number of aromatic hydroxyl groups is 1. The van der Waals surface area contributed by atoms with Gasteiger partial charge in [-0.05, 0) is 75.6 Å². The van der Waals surface area contributed by atoms with Gasteiger partial charge >= 0.3 is 6.01 Å². The summed E-state index contributed by atoms with van der Waals surface area (Å²) in [5.41, 5.74) is -1.89. The third-order valence-corrected chi connectivity index (χ3v) is 12.7.